The molecule has 5 nitrogen and oxygen atoms in total. The fourth-order valence-electron chi connectivity index (χ4n) is 3.20. The third kappa shape index (κ3) is 4.48. The van der Waals surface area contributed by atoms with Gasteiger partial charge in [0.15, 0.2) is 0 Å². The number of nitriles is 1. The lowest BCUT2D eigenvalue weighted by molar-refractivity contribution is -0.117. The topological polar surface area (TPSA) is 65.4 Å². The van der Waals surface area contributed by atoms with E-state index in [0.29, 0.717) is 6.54 Å². The monoisotopic (exact) mass is 361 g/mol. The molecule has 0 bridgehead atoms. The van der Waals surface area contributed by atoms with E-state index >= 15 is 0 Å². The Morgan fingerprint density at radius 1 is 1.22 bits per heavy atom. The van der Waals surface area contributed by atoms with E-state index in [2.05, 4.69) is 17.4 Å². The van der Waals surface area contributed by atoms with E-state index in [1.807, 2.05) is 54.3 Å². The molecule has 1 heterocycles. The number of fused-ring (bicyclic) bond motifs is 1. The normalized spacial score (nSPS) is 14.7. The van der Waals surface area contributed by atoms with Crippen LogP contribution < -0.4 is 10.1 Å². The van der Waals surface area contributed by atoms with Crippen LogP contribution in [0.4, 0.5) is 0 Å². The summed E-state index contributed by atoms with van der Waals surface area (Å²) in [5.41, 5.74) is 3.64. The minimum atomic E-state index is -0.361. The Hall–Kier alpha value is -3.26. The standard InChI is InChI=1S/C22H23N3O2/c1-16(17-7-9-21(27-2)10-8-17)24-22(26)20(13-23)15-25-12-11-18-5-3-4-6-19(18)14-25/h3-10,15-16H,11-12,14H2,1-2H3,(H,24,26)/b20-15-. The highest BCUT2D eigenvalue weighted by Gasteiger charge is 2.18. The SMILES string of the molecule is COc1ccc(C(C)NC(=O)/C(C#N)=C\N2CCc3ccccc3C2)cc1. The Morgan fingerprint density at radius 3 is 2.59 bits per heavy atom. The highest BCUT2D eigenvalue weighted by Crippen LogP contribution is 2.20. The number of carbonyl (C=O) groups is 1. The first-order chi connectivity index (χ1) is 13.1. The summed E-state index contributed by atoms with van der Waals surface area (Å²) < 4.78 is 5.15. The van der Waals surface area contributed by atoms with Crippen LogP contribution in [-0.4, -0.2) is 24.5 Å². The number of rotatable bonds is 5. The van der Waals surface area contributed by atoms with Crippen molar-refractivity contribution in [3.63, 3.8) is 0 Å². The number of methoxy groups -OCH3 is 1. The molecule has 0 saturated heterocycles. The molecule has 0 radical (unpaired) electrons. The summed E-state index contributed by atoms with van der Waals surface area (Å²) in [6, 6.07) is 17.6. The van der Waals surface area contributed by atoms with Crippen molar-refractivity contribution in [2.24, 2.45) is 0 Å². The summed E-state index contributed by atoms with van der Waals surface area (Å²) in [7, 11) is 1.61. The van der Waals surface area contributed by atoms with E-state index in [0.717, 1.165) is 24.3 Å². The molecule has 27 heavy (non-hydrogen) atoms. The highest BCUT2D eigenvalue weighted by molar-refractivity contribution is 5.97. The Bertz CT molecular complexity index is 881. The second kappa shape index (κ2) is 8.41. The van der Waals surface area contributed by atoms with Gasteiger partial charge in [-0.3, -0.25) is 4.79 Å². The number of hydrogen-bond acceptors (Lipinski definition) is 4. The van der Waals surface area contributed by atoms with Crippen molar-refractivity contribution in [1.29, 1.82) is 5.26 Å². The van der Waals surface area contributed by atoms with Crippen LogP contribution in [0.25, 0.3) is 0 Å². The van der Waals surface area contributed by atoms with E-state index in [-0.39, 0.29) is 17.5 Å². The molecule has 3 rings (SSSR count). The van der Waals surface area contributed by atoms with Gasteiger partial charge in [-0.2, -0.15) is 5.26 Å². The quantitative estimate of drug-likeness (QED) is 0.655. The summed E-state index contributed by atoms with van der Waals surface area (Å²) in [6.45, 7) is 3.40. The summed E-state index contributed by atoms with van der Waals surface area (Å²) in [6.07, 6.45) is 2.58. The van der Waals surface area contributed by atoms with Crippen LogP contribution in [-0.2, 0) is 17.8 Å². The van der Waals surface area contributed by atoms with Gasteiger partial charge < -0.3 is 15.0 Å². The zero-order chi connectivity index (χ0) is 19.2. The molecule has 1 amide bonds. The second-order valence-electron chi connectivity index (χ2n) is 6.61. The molecule has 2 aromatic rings. The molecular weight excluding hydrogens is 338 g/mol. The minimum Gasteiger partial charge on any atom is -0.497 e. The molecule has 1 N–H and O–H groups in total. The summed E-state index contributed by atoms with van der Waals surface area (Å²) in [5.74, 6) is 0.403. The van der Waals surface area contributed by atoms with Gasteiger partial charge in [0.2, 0.25) is 0 Å². The molecule has 5 heteroatoms. The van der Waals surface area contributed by atoms with E-state index in [1.54, 1.807) is 13.3 Å². The van der Waals surface area contributed by atoms with E-state index in [4.69, 9.17) is 4.74 Å². The van der Waals surface area contributed by atoms with Crippen LogP contribution in [0.15, 0.2) is 60.3 Å². The zero-order valence-electron chi connectivity index (χ0n) is 15.6. The lowest BCUT2D eigenvalue weighted by Crippen LogP contribution is -2.31. The van der Waals surface area contributed by atoms with Crippen molar-refractivity contribution in [3.05, 3.63) is 77.0 Å². The van der Waals surface area contributed by atoms with E-state index < -0.39 is 0 Å². The zero-order valence-corrected chi connectivity index (χ0v) is 15.6. The minimum absolute atomic E-state index is 0.120. The number of hydrogen-bond donors (Lipinski definition) is 1. The van der Waals surface area contributed by atoms with Gasteiger partial charge in [0.1, 0.15) is 17.4 Å². The number of amides is 1. The summed E-state index contributed by atoms with van der Waals surface area (Å²) in [4.78, 5) is 14.6. The maximum atomic E-state index is 12.5. The maximum Gasteiger partial charge on any atom is 0.263 e. The van der Waals surface area contributed by atoms with Crippen LogP contribution in [0.3, 0.4) is 0 Å². The number of nitrogens with zero attached hydrogens (tertiary/aromatic N) is 2. The Morgan fingerprint density at radius 2 is 1.93 bits per heavy atom. The van der Waals surface area contributed by atoms with Crippen molar-refractivity contribution in [1.82, 2.24) is 10.2 Å². The Balaban J connectivity index is 1.67. The van der Waals surface area contributed by atoms with Crippen LogP contribution >= 0.6 is 0 Å². The lowest BCUT2D eigenvalue weighted by atomic mass is 10.00. The third-order valence-corrected chi connectivity index (χ3v) is 4.80. The lowest BCUT2D eigenvalue weighted by Gasteiger charge is -2.27. The van der Waals surface area contributed by atoms with Crippen molar-refractivity contribution >= 4 is 5.91 Å². The van der Waals surface area contributed by atoms with E-state index in [1.165, 1.54) is 11.1 Å². The van der Waals surface area contributed by atoms with Gasteiger partial charge in [-0.25, -0.2) is 0 Å². The predicted molar refractivity (Wildman–Crippen MR) is 104 cm³/mol. The molecule has 1 unspecified atom stereocenters. The molecule has 2 aromatic carbocycles. The average molecular weight is 361 g/mol. The van der Waals surface area contributed by atoms with Crippen molar-refractivity contribution in [2.45, 2.75) is 25.9 Å². The summed E-state index contributed by atoms with van der Waals surface area (Å²) in [5, 5.41) is 12.3. The van der Waals surface area contributed by atoms with Crippen LogP contribution in [0, 0.1) is 11.3 Å². The second-order valence-corrected chi connectivity index (χ2v) is 6.61. The van der Waals surface area contributed by atoms with Gasteiger partial charge in [0.25, 0.3) is 5.91 Å². The molecule has 0 aromatic heterocycles. The first-order valence-corrected chi connectivity index (χ1v) is 8.98. The molecular formula is C22H23N3O2. The smallest absolute Gasteiger partial charge is 0.263 e. The molecule has 1 aliphatic heterocycles. The molecule has 0 aliphatic carbocycles. The van der Waals surface area contributed by atoms with E-state index in [9.17, 15) is 10.1 Å². The fourth-order valence-corrected chi connectivity index (χ4v) is 3.20. The number of benzene rings is 2. The number of nitrogens with one attached hydrogen (secondary N) is 1. The number of ether oxygens (including phenoxy) is 1. The van der Waals surface area contributed by atoms with Gasteiger partial charge in [-0.05, 0) is 42.2 Å². The van der Waals surface area contributed by atoms with Gasteiger partial charge in [-0.1, -0.05) is 36.4 Å². The molecule has 0 spiro atoms. The molecule has 1 atom stereocenters. The molecule has 0 fully saturated rings. The summed E-state index contributed by atoms with van der Waals surface area (Å²) >= 11 is 0. The van der Waals surface area contributed by atoms with Crippen molar-refractivity contribution in [2.75, 3.05) is 13.7 Å². The van der Waals surface area contributed by atoms with Gasteiger partial charge in [0.05, 0.1) is 13.2 Å². The van der Waals surface area contributed by atoms with Crippen LogP contribution in [0.5, 0.6) is 5.75 Å². The molecule has 1 aliphatic rings. The van der Waals surface area contributed by atoms with Crippen LogP contribution in [0.1, 0.15) is 29.7 Å². The van der Waals surface area contributed by atoms with Crippen LogP contribution in [0.2, 0.25) is 0 Å². The maximum absolute atomic E-state index is 12.5. The van der Waals surface area contributed by atoms with Gasteiger partial charge in [0, 0.05) is 19.3 Å². The Labute approximate surface area is 159 Å². The Kier molecular flexibility index (Phi) is 5.77. The first-order valence-electron chi connectivity index (χ1n) is 8.98. The van der Waals surface area contributed by atoms with Crippen molar-refractivity contribution in [3.8, 4) is 11.8 Å². The van der Waals surface area contributed by atoms with Gasteiger partial charge in [-0.15, -0.1) is 0 Å². The first kappa shape index (κ1) is 18.5. The van der Waals surface area contributed by atoms with Gasteiger partial charge >= 0.3 is 0 Å². The van der Waals surface area contributed by atoms with Crippen molar-refractivity contribution < 1.29 is 9.53 Å². The average Bonchev–Trinajstić information content (AvgIpc) is 2.71. The molecule has 0 saturated carbocycles. The largest absolute Gasteiger partial charge is 0.497 e. The predicted octanol–water partition coefficient (Wildman–Crippen LogP) is 3.34. The molecule has 138 valence electrons. The fraction of sp³-hybridized carbons (Fsp3) is 0.273. The third-order valence-electron chi connectivity index (χ3n) is 4.80. The highest BCUT2D eigenvalue weighted by atomic mass is 16.5. The number of carbonyl (C=O) groups excluding carboxylic acids is 1.